The van der Waals surface area contributed by atoms with Gasteiger partial charge in [-0.05, 0) is 25.7 Å². The van der Waals surface area contributed by atoms with Crippen LogP contribution in [0.25, 0.3) is 0 Å². The van der Waals surface area contributed by atoms with Crippen molar-refractivity contribution in [1.29, 1.82) is 0 Å². The number of imide groups is 4. The largest absolute Gasteiger partial charge is 4.00 e. The molecule has 4 fully saturated rings. The van der Waals surface area contributed by atoms with E-state index in [4.69, 9.17) is 0 Å². The summed E-state index contributed by atoms with van der Waals surface area (Å²) in [7, 11) is 0. The van der Waals surface area contributed by atoms with Crippen LogP contribution in [0.2, 0.25) is 0 Å². The van der Waals surface area contributed by atoms with E-state index in [0.29, 0.717) is 77.5 Å². The molecule has 0 atom stereocenters. The number of carbonyl (C=O) groups is 8. The van der Waals surface area contributed by atoms with E-state index in [2.05, 4.69) is 0 Å². The average Bonchev–Trinajstić information content (AvgIpc) is 3.57. The molecule has 4 aliphatic heterocycles. The van der Waals surface area contributed by atoms with Gasteiger partial charge in [-0.25, -0.2) is 0 Å². The molecule has 0 N–H and O–H groups in total. The van der Waals surface area contributed by atoms with E-state index in [1.54, 1.807) is 0 Å². The molecule has 17 heteroatoms. The molecule has 0 bridgehead atoms. The molecule has 0 aromatic rings. The Kier molecular flexibility index (Phi) is 14.7. The second-order valence-electron chi connectivity index (χ2n) is 7.66. The molecular weight excluding hydrogens is 536 g/mol. The summed E-state index contributed by atoms with van der Waals surface area (Å²) in [6.07, 6.45) is -1.62. The third-order valence-corrected chi connectivity index (χ3v) is 5.18. The van der Waals surface area contributed by atoms with E-state index in [1.165, 1.54) is 0 Å². The standard InChI is InChI=1S/4C5H7NO3.Ti/c4*7-4-2-1-3-6(4)5(8)9;/h4*1-3H2,(H,8,9);/q;;;;+4/p-4. The van der Waals surface area contributed by atoms with Crippen LogP contribution in [0.5, 0.6) is 0 Å². The molecule has 0 aliphatic carbocycles. The van der Waals surface area contributed by atoms with Crippen molar-refractivity contribution in [2.24, 2.45) is 0 Å². The van der Waals surface area contributed by atoms with Gasteiger partial charge < -0.3 is 39.6 Å². The van der Waals surface area contributed by atoms with E-state index in [-0.39, 0.29) is 45.3 Å². The molecule has 4 aliphatic rings. The van der Waals surface area contributed by atoms with Crippen molar-refractivity contribution in [3.05, 3.63) is 0 Å². The van der Waals surface area contributed by atoms with Crippen molar-refractivity contribution >= 4 is 48.0 Å². The Morgan fingerprint density at radius 3 is 0.649 bits per heavy atom. The van der Waals surface area contributed by atoms with Gasteiger partial charge >= 0.3 is 21.7 Å². The zero-order chi connectivity index (χ0) is 27.4. The fourth-order valence-corrected chi connectivity index (χ4v) is 3.36. The number of carbonyl (C=O) groups excluding carboxylic acids is 8. The Morgan fingerprint density at radius 1 is 0.432 bits per heavy atom. The monoisotopic (exact) mass is 560 g/mol. The van der Waals surface area contributed by atoms with E-state index in [0.717, 1.165) is 19.6 Å². The fourth-order valence-electron chi connectivity index (χ4n) is 3.36. The van der Waals surface area contributed by atoms with Gasteiger partial charge in [-0.3, -0.25) is 38.8 Å². The van der Waals surface area contributed by atoms with Gasteiger partial charge in [0.1, 0.15) is 24.4 Å². The summed E-state index contributed by atoms with van der Waals surface area (Å²) >= 11 is 0. The van der Waals surface area contributed by atoms with E-state index in [1.807, 2.05) is 0 Å². The normalized spacial score (nSPS) is 18.2. The Balaban J connectivity index is 0.000000463. The first-order chi connectivity index (χ1) is 16.9. The van der Waals surface area contributed by atoms with Gasteiger partial charge in [0.2, 0.25) is 23.6 Å². The van der Waals surface area contributed by atoms with Crippen LogP contribution in [0.15, 0.2) is 0 Å². The third kappa shape index (κ3) is 11.0. The van der Waals surface area contributed by atoms with E-state index < -0.39 is 24.4 Å². The molecule has 0 spiro atoms. The van der Waals surface area contributed by atoms with Crippen LogP contribution in [-0.4, -0.2) is 93.8 Å². The molecule has 8 amide bonds. The van der Waals surface area contributed by atoms with Gasteiger partial charge in [0.05, 0.1) is 0 Å². The maximum Gasteiger partial charge on any atom is 4.00 e. The van der Waals surface area contributed by atoms with Gasteiger partial charge in [0.25, 0.3) is 0 Å². The van der Waals surface area contributed by atoms with Gasteiger partial charge in [-0.15, -0.1) is 0 Å². The number of nitrogens with zero attached hydrogens (tertiary/aromatic N) is 4. The summed E-state index contributed by atoms with van der Waals surface area (Å²) in [5.74, 6) is -1.35. The number of hydrogen-bond acceptors (Lipinski definition) is 12. The Hall–Kier alpha value is -3.53. The predicted molar refractivity (Wildman–Crippen MR) is 105 cm³/mol. The molecular formula is C20H24N4O12Ti. The molecule has 4 saturated heterocycles. The Morgan fingerprint density at radius 2 is 0.595 bits per heavy atom. The molecule has 37 heavy (non-hydrogen) atoms. The van der Waals surface area contributed by atoms with Crippen LogP contribution < -0.4 is 20.4 Å². The van der Waals surface area contributed by atoms with Crippen LogP contribution in [-0.2, 0) is 40.9 Å². The van der Waals surface area contributed by atoms with E-state index >= 15 is 0 Å². The molecule has 0 saturated carbocycles. The molecule has 0 unspecified atom stereocenters. The number of amides is 8. The molecule has 4 rings (SSSR count). The van der Waals surface area contributed by atoms with Crippen molar-refractivity contribution in [3.63, 3.8) is 0 Å². The van der Waals surface area contributed by atoms with Gasteiger partial charge in [-0.1, -0.05) is 0 Å². The van der Waals surface area contributed by atoms with Crippen LogP contribution in [0.4, 0.5) is 19.2 Å². The van der Waals surface area contributed by atoms with Crippen molar-refractivity contribution in [2.45, 2.75) is 51.4 Å². The smallest absolute Gasteiger partial charge is 0.530 e. The number of hydrogen-bond donors (Lipinski definition) is 0. The Bertz CT molecular complexity index is 768. The number of rotatable bonds is 0. The molecule has 0 aromatic heterocycles. The van der Waals surface area contributed by atoms with Crippen LogP contribution in [0.3, 0.4) is 0 Å². The van der Waals surface area contributed by atoms with Crippen molar-refractivity contribution in [1.82, 2.24) is 19.6 Å². The molecule has 0 radical (unpaired) electrons. The zero-order valence-corrected chi connectivity index (χ0v) is 21.2. The summed E-state index contributed by atoms with van der Waals surface area (Å²) < 4.78 is 0. The zero-order valence-electron chi connectivity index (χ0n) is 19.7. The first kappa shape index (κ1) is 33.5. The van der Waals surface area contributed by atoms with Crippen molar-refractivity contribution < 1.29 is 80.5 Å². The summed E-state index contributed by atoms with van der Waals surface area (Å²) in [6, 6.07) is 0. The van der Waals surface area contributed by atoms with Crippen molar-refractivity contribution in [3.8, 4) is 0 Å². The fraction of sp³-hybridized carbons (Fsp3) is 0.600. The predicted octanol–water partition coefficient (Wildman–Crippen LogP) is -4.19. The van der Waals surface area contributed by atoms with Crippen LogP contribution in [0, 0.1) is 0 Å². The molecule has 4 heterocycles. The Labute approximate surface area is 225 Å². The van der Waals surface area contributed by atoms with Crippen LogP contribution in [0.1, 0.15) is 51.4 Å². The first-order valence-electron chi connectivity index (χ1n) is 10.9. The van der Waals surface area contributed by atoms with Gasteiger partial charge in [0.15, 0.2) is 0 Å². The molecule has 0 aromatic carbocycles. The van der Waals surface area contributed by atoms with Gasteiger partial charge in [0, 0.05) is 51.9 Å². The molecule has 16 nitrogen and oxygen atoms in total. The topological polar surface area (TPSA) is 242 Å². The average molecular weight is 560 g/mol. The summed E-state index contributed by atoms with van der Waals surface area (Å²) in [5, 5.41) is 40.0. The quantitative estimate of drug-likeness (QED) is 0.256. The molecule has 200 valence electrons. The van der Waals surface area contributed by atoms with E-state index in [9.17, 15) is 58.8 Å². The summed E-state index contributed by atoms with van der Waals surface area (Å²) in [4.78, 5) is 85.1. The third-order valence-electron chi connectivity index (χ3n) is 5.18. The summed E-state index contributed by atoms with van der Waals surface area (Å²) in [5.41, 5.74) is 0. The van der Waals surface area contributed by atoms with Crippen molar-refractivity contribution in [2.75, 3.05) is 26.2 Å². The van der Waals surface area contributed by atoms with Gasteiger partial charge in [-0.2, -0.15) is 0 Å². The maximum atomic E-state index is 10.5. The number of carboxylic acid groups (broad SMARTS) is 4. The first-order valence-corrected chi connectivity index (χ1v) is 10.9. The number of likely N-dealkylation sites (tertiary alicyclic amines) is 4. The second-order valence-corrected chi connectivity index (χ2v) is 7.66. The minimum absolute atomic E-state index is 0. The second kappa shape index (κ2) is 16.3. The minimum atomic E-state index is -1.38. The van der Waals surface area contributed by atoms with Crippen LogP contribution >= 0.6 is 0 Å². The maximum absolute atomic E-state index is 10.5. The SMILES string of the molecule is O=C([O-])N1CCCC1=O.O=C([O-])N1CCCC1=O.O=C([O-])N1CCCC1=O.O=C([O-])N1CCCC1=O.[Ti+4]. The summed E-state index contributed by atoms with van der Waals surface area (Å²) in [6.45, 7) is 1.23. The minimum Gasteiger partial charge on any atom is -0.530 e.